The third kappa shape index (κ3) is 4.86. The molecule has 0 radical (unpaired) electrons. The molecule has 4 rings (SSSR count). The zero-order valence-corrected chi connectivity index (χ0v) is 17.6. The number of fused-ring (bicyclic) bond motifs is 1. The Morgan fingerprint density at radius 1 is 1.29 bits per heavy atom. The van der Waals surface area contributed by atoms with Crippen LogP contribution in [-0.4, -0.2) is 43.3 Å². The van der Waals surface area contributed by atoms with Crippen molar-refractivity contribution < 1.29 is 9.59 Å². The van der Waals surface area contributed by atoms with Gasteiger partial charge in [-0.05, 0) is 29.6 Å². The maximum atomic E-state index is 12.9. The van der Waals surface area contributed by atoms with E-state index in [1.807, 2.05) is 4.57 Å². The number of benzene rings is 1. The summed E-state index contributed by atoms with van der Waals surface area (Å²) in [5.41, 5.74) is 1.37. The first kappa shape index (κ1) is 20.5. The monoisotopic (exact) mass is 436 g/mol. The van der Waals surface area contributed by atoms with Crippen LogP contribution in [0.4, 0.5) is 5.69 Å². The number of rotatable bonds is 7. The van der Waals surface area contributed by atoms with Crippen LogP contribution < -0.4 is 10.9 Å². The van der Waals surface area contributed by atoms with E-state index in [0.717, 1.165) is 0 Å². The SMILES string of the molecule is CN(Cc1nc2ccsc2c(=O)[nH]1)C(=O)c1cccc(NC(=O)CCn2ccnc2)c1. The molecular weight excluding hydrogens is 416 g/mol. The third-order valence-electron chi connectivity index (χ3n) is 4.65. The zero-order chi connectivity index (χ0) is 21.8. The van der Waals surface area contributed by atoms with Gasteiger partial charge >= 0.3 is 0 Å². The largest absolute Gasteiger partial charge is 0.337 e. The smallest absolute Gasteiger partial charge is 0.268 e. The standard InChI is InChI=1S/C21H20N6O3S/c1-26(12-17-24-16-6-10-31-19(16)20(29)25-17)21(30)14-3-2-4-15(11-14)23-18(28)5-8-27-9-7-22-13-27/h2-4,6-7,9-11,13H,5,8,12H2,1H3,(H,23,28)(H,24,25,29). The van der Waals surface area contributed by atoms with Gasteiger partial charge in [0.1, 0.15) is 10.5 Å². The lowest BCUT2D eigenvalue weighted by Gasteiger charge is -2.17. The molecule has 10 heteroatoms. The predicted molar refractivity (Wildman–Crippen MR) is 118 cm³/mol. The lowest BCUT2D eigenvalue weighted by Crippen LogP contribution is -2.28. The molecule has 0 saturated carbocycles. The van der Waals surface area contributed by atoms with Crippen LogP contribution in [0.25, 0.3) is 10.2 Å². The minimum atomic E-state index is -0.248. The van der Waals surface area contributed by atoms with Gasteiger partial charge in [-0.2, -0.15) is 0 Å². The number of nitrogens with one attached hydrogen (secondary N) is 2. The Kier molecular flexibility index (Phi) is 5.89. The number of hydrogen-bond acceptors (Lipinski definition) is 6. The molecule has 0 aliphatic rings. The topological polar surface area (TPSA) is 113 Å². The number of carbonyl (C=O) groups excluding carboxylic acids is 2. The summed E-state index contributed by atoms with van der Waals surface area (Å²) in [7, 11) is 1.64. The lowest BCUT2D eigenvalue weighted by molar-refractivity contribution is -0.116. The molecule has 0 aliphatic carbocycles. The average Bonchev–Trinajstić information content (AvgIpc) is 3.44. The van der Waals surface area contributed by atoms with Gasteiger partial charge in [0.25, 0.3) is 11.5 Å². The zero-order valence-electron chi connectivity index (χ0n) is 16.7. The number of thiophene rings is 1. The molecule has 2 N–H and O–H groups in total. The number of H-pyrrole nitrogens is 1. The highest BCUT2D eigenvalue weighted by Crippen LogP contribution is 2.16. The molecule has 3 heterocycles. The third-order valence-corrected chi connectivity index (χ3v) is 5.55. The quantitative estimate of drug-likeness (QED) is 0.462. The van der Waals surface area contributed by atoms with E-state index in [0.29, 0.717) is 40.3 Å². The van der Waals surface area contributed by atoms with Crippen molar-refractivity contribution in [2.24, 2.45) is 0 Å². The molecule has 0 atom stereocenters. The van der Waals surface area contributed by atoms with Gasteiger partial charge in [-0.3, -0.25) is 14.4 Å². The Morgan fingerprint density at radius 3 is 2.97 bits per heavy atom. The predicted octanol–water partition coefficient (Wildman–Crippen LogP) is 2.48. The van der Waals surface area contributed by atoms with E-state index in [1.54, 1.807) is 61.5 Å². The molecule has 2 amide bonds. The number of nitrogens with zero attached hydrogens (tertiary/aromatic N) is 4. The van der Waals surface area contributed by atoms with Gasteiger partial charge < -0.3 is 19.8 Å². The van der Waals surface area contributed by atoms with Gasteiger partial charge in [-0.15, -0.1) is 11.3 Å². The number of aromatic amines is 1. The van der Waals surface area contributed by atoms with E-state index in [2.05, 4.69) is 20.3 Å². The summed E-state index contributed by atoms with van der Waals surface area (Å²) in [6, 6.07) is 8.53. The molecule has 0 fully saturated rings. The van der Waals surface area contributed by atoms with E-state index in [9.17, 15) is 14.4 Å². The molecule has 0 spiro atoms. The van der Waals surface area contributed by atoms with Crippen LogP contribution in [0.2, 0.25) is 0 Å². The molecule has 1 aromatic carbocycles. The Morgan fingerprint density at radius 2 is 2.16 bits per heavy atom. The van der Waals surface area contributed by atoms with Crippen molar-refractivity contribution in [2.75, 3.05) is 12.4 Å². The maximum absolute atomic E-state index is 12.9. The average molecular weight is 436 g/mol. The lowest BCUT2D eigenvalue weighted by atomic mass is 10.1. The summed E-state index contributed by atoms with van der Waals surface area (Å²) in [5.74, 6) is 0.00998. The summed E-state index contributed by atoms with van der Waals surface area (Å²) in [4.78, 5) is 49.7. The van der Waals surface area contributed by atoms with Crippen LogP contribution in [0.15, 0.2) is 59.2 Å². The summed E-state index contributed by atoms with van der Waals surface area (Å²) < 4.78 is 2.38. The molecule has 3 aromatic heterocycles. The normalized spacial score (nSPS) is 10.9. The van der Waals surface area contributed by atoms with Crippen LogP contribution in [0.3, 0.4) is 0 Å². The first-order valence-corrected chi connectivity index (χ1v) is 10.4. The Hall–Kier alpha value is -3.79. The summed E-state index contributed by atoms with van der Waals surface area (Å²) in [5, 5.41) is 4.62. The number of anilines is 1. The highest BCUT2D eigenvalue weighted by molar-refractivity contribution is 7.17. The first-order chi connectivity index (χ1) is 15.0. The van der Waals surface area contributed by atoms with Crippen molar-refractivity contribution in [3.05, 3.63) is 76.2 Å². The molecule has 158 valence electrons. The van der Waals surface area contributed by atoms with Crippen molar-refractivity contribution in [1.29, 1.82) is 0 Å². The van der Waals surface area contributed by atoms with Crippen molar-refractivity contribution in [3.63, 3.8) is 0 Å². The minimum absolute atomic E-state index is 0.154. The van der Waals surface area contributed by atoms with Crippen molar-refractivity contribution in [2.45, 2.75) is 19.5 Å². The van der Waals surface area contributed by atoms with E-state index < -0.39 is 0 Å². The second-order valence-corrected chi connectivity index (χ2v) is 7.90. The van der Waals surface area contributed by atoms with Crippen LogP contribution in [0, 0.1) is 0 Å². The molecule has 0 saturated heterocycles. The highest BCUT2D eigenvalue weighted by atomic mass is 32.1. The number of imidazole rings is 1. The number of aryl methyl sites for hydroxylation is 1. The second-order valence-electron chi connectivity index (χ2n) is 6.99. The fourth-order valence-electron chi connectivity index (χ4n) is 3.12. The van der Waals surface area contributed by atoms with Crippen LogP contribution in [0.1, 0.15) is 22.6 Å². The molecule has 9 nitrogen and oxygen atoms in total. The van der Waals surface area contributed by atoms with Crippen LogP contribution >= 0.6 is 11.3 Å². The van der Waals surface area contributed by atoms with E-state index in [1.165, 1.54) is 16.2 Å². The number of amides is 2. The van der Waals surface area contributed by atoms with Crippen LogP contribution in [0.5, 0.6) is 0 Å². The van der Waals surface area contributed by atoms with Crippen molar-refractivity contribution in [1.82, 2.24) is 24.4 Å². The second kappa shape index (κ2) is 8.92. The molecule has 31 heavy (non-hydrogen) atoms. The molecule has 0 bridgehead atoms. The first-order valence-electron chi connectivity index (χ1n) is 9.57. The maximum Gasteiger partial charge on any atom is 0.268 e. The number of carbonyl (C=O) groups is 2. The van der Waals surface area contributed by atoms with Gasteiger partial charge in [0.15, 0.2) is 0 Å². The van der Waals surface area contributed by atoms with Gasteiger partial charge in [0, 0.05) is 43.7 Å². The molecule has 0 aliphatic heterocycles. The van der Waals surface area contributed by atoms with E-state index in [4.69, 9.17) is 0 Å². The summed E-state index contributed by atoms with van der Waals surface area (Å²) >= 11 is 1.33. The molecule has 0 unspecified atom stereocenters. The van der Waals surface area contributed by atoms with Gasteiger partial charge in [0.2, 0.25) is 5.91 Å². The fourth-order valence-corrected chi connectivity index (χ4v) is 3.84. The van der Waals surface area contributed by atoms with Crippen molar-refractivity contribution in [3.8, 4) is 0 Å². The van der Waals surface area contributed by atoms with Crippen molar-refractivity contribution >= 4 is 39.1 Å². The van der Waals surface area contributed by atoms with Crippen LogP contribution in [-0.2, 0) is 17.9 Å². The van der Waals surface area contributed by atoms with Gasteiger partial charge in [0.05, 0.1) is 18.4 Å². The number of hydrogen-bond donors (Lipinski definition) is 2. The van der Waals surface area contributed by atoms with Gasteiger partial charge in [-0.25, -0.2) is 9.97 Å². The van der Waals surface area contributed by atoms with Gasteiger partial charge in [-0.1, -0.05) is 6.07 Å². The molecular formula is C21H20N6O3S. The minimum Gasteiger partial charge on any atom is -0.337 e. The fraction of sp³-hybridized carbons (Fsp3) is 0.190. The Bertz CT molecular complexity index is 1280. The number of aromatic nitrogens is 4. The molecule has 4 aromatic rings. The Labute approximate surface area is 181 Å². The Balaban J connectivity index is 1.40. The summed E-state index contributed by atoms with van der Waals surface area (Å²) in [6.07, 6.45) is 5.40. The summed E-state index contributed by atoms with van der Waals surface area (Å²) in [6.45, 7) is 0.675. The van der Waals surface area contributed by atoms with E-state index in [-0.39, 0.29) is 23.9 Å². The highest BCUT2D eigenvalue weighted by Gasteiger charge is 2.15. The van der Waals surface area contributed by atoms with E-state index >= 15 is 0 Å².